The van der Waals surface area contributed by atoms with Gasteiger partial charge in [0.1, 0.15) is 6.04 Å². The summed E-state index contributed by atoms with van der Waals surface area (Å²) >= 11 is 0. The lowest BCUT2D eigenvalue weighted by molar-refractivity contribution is -0.124. The van der Waals surface area contributed by atoms with E-state index >= 15 is 0 Å². The predicted octanol–water partition coefficient (Wildman–Crippen LogP) is 3.05. The Labute approximate surface area is 160 Å². The Hall–Kier alpha value is -1.86. The predicted molar refractivity (Wildman–Crippen MR) is 105 cm³/mol. The zero-order valence-corrected chi connectivity index (χ0v) is 16.5. The highest BCUT2D eigenvalue weighted by Gasteiger charge is 2.29. The second kappa shape index (κ2) is 7.28. The van der Waals surface area contributed by atoms with Crippen LogP contribution in [0.5, 0.6) is 0 Å². The van der Waals surface area contributed by atoms with Crippen LogP contribution < -0.4 is 5.32 Å². The van der Waals surface area contributed by atoms with Gasteiger partial charge in [-0.3, -0.25) is 4.79 Å². The summed E-state index contributed by atoms with van der Waals surface area (Å²) in [6.45, 7) is 3.19. The fraction of sp³-hybridized carbons (Fsp3) is 0.550. The molecule has 1 aliphatic carbocycles. The van der Waals surface area contributed by atoms with Crippen LogP contribution in [0.3, 0.4) is 0 Å². The highest BCUT2D eigenvalue weighted by molar-refractivity contribution is 7.89. The normalized spacial score (nSPS) is 19.9. The van der Waals surface area contributed by atoms with Crippen molar-refractivity contribution in [2.75, 3.05) is 13.1 Å². The summed E-state index contributed by atoms with van der Waals surface area (Å²) in [6, 6.07) is 7.20. The molecule has 2 fully saturated rings. The molecule has 2 aromatic rings. The SMILES string of the molecule is CC[C@H](C(=O)NC1CC1)n1ccc2cc(S(=O)(=O)N3CCCCC3)ccc21. The van der Waals surface area contributed by atoms with Crippen molar-refractivity contribution in [3.8, 4) is 0 Å². The van der Waals surface area contributed by atoms with Crippen molar-refractivity contribution < 1.29 is 13.2 Å². The topological polar surface area (TPSA) is 71.4 Å². The average molecular weight is 390 g/mol. The van der Waals surface area contributed by atoms with Crippen LogP contribution in [0.15, 0.2) is 35.4 Å². The molecule has 146 valence electrons. The molecule has 1 saturated heterocycles. The molecule has 7 heteroatoms. The number of carbonyl (C=O) groups is 1. The van der Waals surface area contributed by atoms with Crippen LogP contribution in [-0.2, 0) is 14.8 Å². The Balaban J connectivity index is 1.63. The number of fused-ring (bicyclic) bond motifs is 1. The summed E-state index contributed by atoms with van der Waals surface area (Å²) in [6.07, 6.45) is 7.64. The Bertz CT molecular complexity index is 941. The molecule has 1 saturated carbocycles. The van der Waals surface area contributed by atoms with Crippen LogP contribution in [-0.4, -0.2) is 42.3 Å². The lowest BCUT2D eigenvalue weighted by atomic mass is 10.2. The van der Waals surface area contributed by atoms with E-state index in [1.54, 1.807) is 16.4 Å². The Morgan fingerprint density at radius 3 is 2.59 bits per heavy atom. The van der Waals surface area contributed by atoms with Gasteiger partial charge in [-0.25, -0.2) is 8.42 Å². The molecule has 2 aliphatic rings. The fourth-order valence-electron chi connectivity index (χ4n) is 3.86. The number of benzene rings is 1. The number of amides is 1. The second-order valence-electron chi connectivity index (χ2n) is 7.62. The quantitative estimate of drug-likeness (QED) is 0.825. The largest absolute Gasteiger partial charge is 0.352 e. The highest BCUT2D eigenvalue weighted by Crippen LogP contribution is 2.28. The number of carbonyl (C=O) groups excluding carboxylic acids is 1. The zero-order chi connectivity index (χ0) is 19.0. The van der Waals surface area contributed by atoms with Crippen molar-refractivity contribution >= 4 is 26.8 Å². The molecular weight excluding hydrogens is 362 g/mol. The first-order valence-electron chi connectivity index (χ1n) is 9.92. The molecule has 6 nitrogen and oxygen atoms in total. The number of hydrogen-bond acceptors (Lipinski definition) is 3. The first-order valence-corrected chi connectivity index (χ1v) is 11.4. The number of rotatable bonds is 6. The second-order valence-corrected chi connectivity index (χ2v) is 9.55. The van der Waals surface area contributed by atoms with E-state index in [0.717, 1.165) is 43.0 Å². The summed E-state index contributed by atoms with van der Waals surface area (Å²) in [5.74, 6) is 0.0440. The van der Waals surface area contributed by atoms with Gasteiger partial charge in [-0.1, -0.05) is 13.3 Å². The van der Waals surface area contributed by atoms with Crippen molar-refractivity contribution in [2.24, 2.45) is 0 Å². The third-order valence-electron chi connectivity index (χ3n) is 5.59. The zero-order valence-electron chi connectivity index (χ0n) is 15.7. The van der Waals surface area contributed by atoms with Gasteiger partial charge in [0.05, 0.1) is 4.90 Å². The Morgan fingerprint density at radius 2 is 1.93 bits per heavy atom. The minimum atomic E-state index is -3.45. The molecule has 1 aromatic carbocycles. The lowest BCUT2D eigenvalue weighted by Crippen LogP contribution is -2.35. The van der Waals surface area contributed by atoms with Gasteiger partial charge in [0, 0.05) is 36.2 Å². The number of nitrogens with one attached hydrogen (secondary N) is 1. The molecular formula is C20H27N3O3S. The maximum atomic E-state index is 12.9. The van der Waals surface area contributed by atoms with E-state index in [9.17, 15) is 13.2 Å². The van der Waals surface area contributed by atoms with E-state index in [0.29, 0.717) is 30.4 Å². The number of hydrogen-bond donors (Lipinski definition) is 1. The average Bonchev–Trinajstić information content (AvgIpc) is 3.40. The van der Waals surface area contributed by atoms with Gasteiger partial charge < -0.3 is 9.88 Å². The molecule has 1 aromatic heterocycles. The molecule has 0 radical (unpaired) electrons. The van der Waals surface area contributed by atoms with E-state index in [4.69, 9.17) is 0 Å². The van der Waals surface area contributed by atoms with Gasteiger partial charge >= 0.3 is 0 Å². The lowest BCUT2D eigenvalue weighted by Gasteiger charge is -2.26. The van der Waals surface area contributed by atoms with Gasteiger partial charge in [0.2, 0.25) is 15.9 Å². The number of nitrogens with zero attached hydrogens (tertiary/aromatic N) is 2. The van der Waals surface area contributed by atoms with Gasteiger partial charge in [-0.15, -0.1) is 0 Å². The third-order valence-corrected chi connectivity index (χ3v) is 7.49. The molecule has 1 aliphatic heterocycles. The number of aromatic nitrogens is 1. The summed E-state index contributed by atoms with van der Waals surface area (Å²) in [5, 5.41) is 3.93. The van der Waals surface area contributed by atoms with Crippen molar-refractivity contribution in [3.05, 3.63) is 30.5 Å². The molecule has 0 bridgehead atoms. The molecule has 0 spiro atoms. The molecule has 27 heavy (non-hydrogen) atoms. The minimum absolute atomic E-state index is 0.0440. The van der Waals surface area contributed by atoms with E-state index in [1.165, 1.54) is 0 Å². The van der Waals surface area contributed by atoms with Crippen molar-refractivity contribution in [1.29, 1.82) is 0 Å². The van der Waals surface area contributed by atoms with Crippen LogP contribution in [0.2, 0.25) is 0 Å². The Kier molecular flexibility index (Phi) is 4.99. The summed E-state index contributed by atoms with van der Waals surface area (Å²) in [7, 11) is -3.45. The van der Waals surface area contributed by atoms with Crippen LogP contribution in [0.25, 0.3) is 10.9 Å². The minimum Gasteiger partial charge on any atom is -0.352 e. The maximum Gasteiger partial charge on any atom is 0.243 e. The fourth-order valence-corrected chi connectivity index (χ4v) is 5.42. The number of piperidine rings is 1. The molecule has 1 N–H and O–H groups in total. The van der Waals surface area contributed by atoms with E-state index in [2.05, 4.69) is 5.32 Å². The van der Waals surface area contributed by atoms with Gasteiger partial charge in [0.25, 0.3) is 0 Å². The maximum absolute atomic E-state index is 12.9. The van der Waals surface area contributed by atoms with Crippen LogP contribution >= 0.6 is 0 Å². The van der Waals surface area contributed by atoms with Crippen LogP contribution in [0, 0.1) is 0 Å². The molecule has 0 unspecified atom stereocenters. The summed E-state index contributed by atoms with van der Waals surface area (Å²) in [4.78, 5) is 12.9. The number of sulfonamides is 1. The van der Waals surface area contributed by atoms with E-state index < -0.39 is 10.0 Å². The van der Waals surface area contributed by atoms with Gasteiger partial charge in [0.15, 0.2) is 0 Å². The van der Waals surface area contributed by atoms with Crippen molar-refractivity contribution in [1.82, 2.24) is 14.2 Å². The first kappa shape index (κ1) is 18.5. The van der Waals surface area contributed by atoms with Gasteiger partial charge in [-0.2, -0.15) is 4.31 Å². The smallest absolute Gasteiger partial charge is 0.243 e. The molecule has 4 rings (SSSR count). The molecule has 1 atom stereocenters. The molecule has 1 amide bonds. The van der Waals surface area contributed by atoms with Gasteiger partial charge in [-0.05, 0) is 56.4 Å². The van der Waals surface area contributed by atoms with E-state index in [1.807, 2.05) is 29.8 Å². The van der Waals surface area contributed by atoms with Crippen molar-refractivity contribution in [3.63, 3.8) is 0 Å². The summed E-state index contributed by atoms with van der Waals surface area (Å²) < 4.78 is 29.4. The summed E-state index contributed by atoms with van der Waals surface area (Å²) in [5.41, 5.74) is 0.894. The van der Waals surface area contributed by atoms with Crippen LogP contribution in [0.1, 0.15) is 51.5 Å². The Morgan fingerprint density at radius 1 is 1.19 bits per heavy atom. The third kappa shape index (κ3) is 3.62. The van der Waals surface area contributed by atoms with E-state index in [-0.39, 0.29) is 11.9 Å². The monoisotopic (exact) mass is 389 g/mol. The molecule has 2 heterocycles. The standard InChI is InChI=1S/C20H27N3O3S/c1-2-18(20(24)21-16-6-7-16)23-13-10-15-14-17(8-9-19(15)23)27(25,26)22-11-4-3-5-12-22/h8-10,13-14,16,18H,2-7,11-12H2,1H3,(H,21,24)/t18-/m1/s1. The highest BCUT2D eigenvalue weighted by atomic mass is 32.2. The van der Waals surface area contributed by atoms with Crippen LogP contribution in [0.4, 0.5) is 0 Å². The first-order chi connectivity index (χ1) is 13.0. The van der Waals surface area contributed by atoms with Crippen molar-refractivity contribution in [2.45, 2.75) is 62.4 Å².